The van der Waals surface area contributed by atoms with Crippen LogP contribution in [0.1, 0.15) is 30.9 Å². The van der Waals surface area contributed by atoms with E-state index >= 15 is 0 Å². The summed E-state index contributed by atoms with van der Waals surface area (Å²) in [7, 11) is 7.00. The van der Waals surface area contributed by atoms with Crippen LogP contribution in [-0.2, 0) is 4.79 Å². The molecule has 0 aliphatic carbocycles. The number of para-hydroxylation sites is 1. The molecule has 1 aliphatic heterocycles. The van der Waals surface area contributed by atoms with E-state index in [2.05, 4.69) is 32.7 Å². The Labute approximate surface area is 162 Å². The molecule has 1 unspecified atom stereocenters. The molecule has 2 rings (SSSR count). The lowest BCUT2D eigenvalue weighted by molar-refractivity contribution is -0.128. The van der Waals surface area contributed by atoms with E-state index < -0.39 is 0 Å². The van der Waals surface area contributed by atoms with Crippen molar-refractivity contribution >= 4 is 11.9 Å². The quantitative estimate of drug-likeness (QED) is 0.532. The minimum Gasteiger partial charge on any atom is -0.496 e. The van der Waals surface area contributed by atoms with Crippen LogP contribution in [0.2, 0.25) is 0 Å². The van der Waals surface area contributed by atoms with Gasteiger partial charge in [0.05, 0.1) is 13.2 Å². The van der Waals surface area contributed by atoms with Crippen LogP contribution < -0.4 is 15.4 Å². The number of nitrogens with one attached hydrogen (secondary N) is 2. The highest BCUT2D eigenvalue weighted by Crippen LogP contribution is 2.31. The Hall–Kier alpha value is -2.28. The van der Waals surface area contributed by atoms with Gasteiger partial charge in [-0.3, -0.25) is 14.7 Å². The summed E-state index contributed by atoms with van der Waals surface area (Å²) in [4.78, 5) is 20.1. The molecule has 0 aromatic heterocycles. The summed E-state index contributed by atoms with van der Waals surface area (Å²) in [5.41, 5.74) is 1.19. The second-order valence-electron chi connectivity index (χ2n) is 6.92. The Bertz CT molecular complexity index is 627. The molecular formula is C20H33N5O2. The van der Waals surface area contributed by atoms with Gasteiger partial charge in [0.25, 0.3) is 0 Å². The number of aliphatic imine (C=N–C) groups is 1. The van der Waals surface area contributed by atoms with Gasteiger partial charge in [-0.25, -0.2) is 0 Å². The van der Waals surface area contributed by atoms with Crippen LogP contribution in [0.5, 0.6) is 5.75 Å². The predicted octanol–water partition coefficient (Wildman–Crippen LogP) is 1.48. The number of nitrogens with zero attached hydrogens (tertiary/aromatic N) is 3. The first-order valence-electron chi connectivity index (χ1n) is 9.58. The number of likely N-dealkylation sites (tertiary alicyclic amines) is 1. The Kier molecular flexibility index (Phi) is 8.39. The van der Waals surface area contributed by atoms with Gasteiger partial charge in [0.2, 0.25) is 5.91 Å². The summed E-state index contributed by atoms with van der Waals surface area (Å²) in [6.07, 6.45) is 2.90. The highest BCUT2D eigenvalue weighted by Gasteiger charge is 2.26. The number of guanidine groups is 1. The third-order valence-electron chi connectivity index (χ3n) is 4.90. The number of benzene rings is 1. The summed E-state index contributed by atoms with van der Waals surface area (Å²) in [5.74, 6) is 1.72. The minimum absolute atomic E-state index is 0.0990. The van der Waals surface area contributed by atoms with Gasteiger partial charge in [-0.05, 0) is 32.0 Å². The number of carbonyl (C=O) groups is 1. The van der Waals surface area contributed by atoms with Crippen molar-refractivity contribution in [2.45, 2.75) is 25.3 Å². The topological polar surface area (TPSA) is 69.2 Å². The van der Waals surface area contributed by atoms with Crippen LogP contribution in [0, 0.1) is 0 Å². The van der Waals surface area contributed by atoms with Crippen molar-refractivity contribution in [3.8, 4) is 5.75 Å². The zero-order chi connectivity index (χ0) is 19.6. The summed E-state index contributed by atoms with van der Waals surface area (Å²) >= 11 is 0. The molecule has 7 heteroatoms. The smallest absolute Gasteiger partial charge is 0.223 e. The van der Waals surface area contributed by atoms with Gasteiger partial charge in [0, 0.05) is 46.2 Å². The molecule has 1 aromatic carbocycles. The summed E-state index contributed by atoms with van der Waals surface area (Å²) in [6, 6.07) is 8.42. The van der Waals surface area contributed by atoms with Gasteiger partial charge in [0.15, 0.2) is 5.96 Å². The van der Waals surface area contributed by atoms with Gasteiger partial charge in [0.1, 0.15) is 5.75 Å². The first kappa shape index (κ1) is 21.0. The maximum absolute atomic E-state index is 11.7. The van der Waals surface area contributed by atoms with E-state index in [0.29, 0.717) is 18.9 Å². The summed E-state index contributed by atoms with van der Waals surface area (Å²) in [6.45, 7) is 3.46. The molecule has 27 heavy (non-hydrogen) atoms. The number of ether oxygens (including phenoxy) is 1. The lowest BCUT2D eigenvalue weighted by Gasteiger charge is -2.30. The molecule has 0 bridgehead atoms. The molecule has 0 radical (unpaired) electrons. The zero-order valence-electron chi connectivity index (χ0n) is 17.0. The average molecular weight is 376 g/mol. The van der Waals surface area contributed by atoms with Gasteiger partial charge in [-0.1, -0.05) is 18.2 Å². The third kappa shape index (κ3) is 6.13. The van der Waals surface area contributed by atoms with Crippen LogP contribution in [0.4, 0.5) is 0 Å². The number of hydrogen-bond donors (Lipinski definition) is 2. The normalized spacial score (nSPS) is 16.1. The molecule has 0 spiro atoms. The highest BCUT2D eigenvalue weighted by atomic mass is 16.5. The Morgan fingerprint density at radius 1 is 1.26 bits per heavy atom. The van der Waals surface area contributed by atoms with Crippen molar-refractivity contribution in [3.63, 3.8) is 0 Å². The monoisotopic (exact) mass is 375 g/mol. The minimum atomic E-state index is 0.0990. The molecule has 1 atom stereocenters. The average Bonchev–Trinajstić information content (AvgIpc) is 3.21. The summed E-state index contributed by atoms with van der Waals surface area (Å²) in [5, 5.41) is 6.64. The number of rotatable bonds is 8. The second kappa shape index (κ2) is 10.8. The lowest BCUT2D eigenvalue weighted by Crippen LogP contribution is -2.43. The van der Waals surface area contributed by atoms with Crippen LogP contribution in [0.3, 0.4) is 0 Å². The van der Waals surface area contributed by atoms with Gasteiger partial charge >= 0.3 is 0 Å². The van der Waals surface area contributed by atoms with Crippen LogP contribution in [0.15, 0.2) is 29.3 Å². The highest BCUT2D eigenvalue weighted by molar-refractivity contribution is 5.81. The van der Waals surface area contributed by atoms with Crippen molar-refractivity contribution in [2.24, 2.45) is 4.99 Å². The van der Waals surface area contributed by atoms with E-state index in [-0.39, 0.29) is 11.9 Å². The fourth-order valence-electron chi connectivity index (χ4n) is 3.36. The standard InChI is InChI=1S/C20H33N5O2/c1-21-20(22-12-11-19(26)24(2)3)23-15-17(25-13-7-8-14-25)16-9-5-6-10-18(16)27-4/h5-6,9-10,17H,7-8,11-15H2,1-4H3,(H2,21,22,23). The third-order valence-corrected chi connectivity index (χ3v) is 4.90. The van der Waals surface area contributed by atoms with E-state index in [1.54, 1.807) is 33.2 Å². The first-order valence-corrected chi connectivity index (χ1v) is 9.58. The predicted molar refractivity (Wildman–Crippen MR) is 109 cm³/mol. The van der Waals surface area contributed by atoms with Gasteiger partial charge in [-0.2, -0.15) is 0 Å². The maximum atomic E-state index is 11.7. The molecule has 1 fully saturated rings. The van der Waals surface area contributed by atoms with E-state index in [4.69, 9.17) is 4.74 Å². The van der Waals surface area contributed by atoms with E-state index in [0.717, 1.165) is 25.4 Å². The van der Waals surface area contributed by atoms with Crippen LogP contribution >= 0.6 is 0 Å². The Morgan fingerprint density at radius 3 is 2.59 bits per heavy atom. The van der Waals surface area contributed by atoms with Gasteiger partial charge < -0.3 is 20.3 Å². The molecule has 1 saturated heterocycles. The van der Waals surface area contributed by atoms with E-state index in [9.17, 15) is 4.79 Å². The summed E-state index contributed by atoms with van der Waals surface area (Å²) < 4.78 is 5.59. The molecule has 1 amide bonds. The number of carbonyl (C=O) groups excluding carboxylic acids is 1. The zero-order valence-corrected chi connectivity index (χ0v) is 17.0. The molecule has 1 heterocycles. The molecule has 7 nitrogen and oxygen atoms in total. The molecule has 150 valence electrons. The fourth-order valence-corrected chi connectivity index (χ4v) is 3.36. The molecule has 1 aliphatic rings. The second-order valence-corrected chi connectivity index (χ2v) is 6.92. The van der Waals surface area contributed by atoms with Crippen LogP contribution in [-0.4, -0.2) is 76.1 Å². The largest absolute Gasteiger partial charge is 0.496 e. The van der Waals surface area contributed by atoms with E-state index in [1.165, 1.54) is 18.4 Å². The molecule has 1 aromatic rings. The number of methoxy groups -OCH3 is 1. The van der Waals surface area contributed by atoms with Crippen molar-refractivity contribution < 1.29 is 9.53 Å². The van der Waals surface area contributed by atoms with Crippen LogP contribution in [0.25, 0.3) is 0 Å². The number of amides is 1. The van der Waals surface area contributed by atoms with Crippen molar-refractivity contribution in [3.05, 3.63) is 29.8 Å². The lowest BCUT2D eigenvalue weighted by atomic mass is 10.0. The number of hydrogen-bond acceptors (Lipinski definition) is 4. The molecule has 2 N–H and O–H groups in total. The molecular weight excluding hydrogens is 342 g/mol. The fraction of sp³-hybridized carbons (Fsp3) is 0.600. The van der Waals surface area contributed by atoms with Crippen molar-refractivity contribution in [2.75, 3.05) is 54.4 Å². The first-order chi connectivity index (χ1) is 13.1. The van der Waals surface area contributed by atoms with E-state index in [1.807, 2.05) is 12.1 Å². The SMILES string of the molecule is CN=C(NCCC(=O)N(C)C)NCC(c1ccccc1OC)N1CCCC1. The Morgan fingerprint density at radius 2 is 1.96 bits per heavy atom. The maximum Gasteiger partial charge on any atom is 0.223 e. The van der Waals surface area contributed by atoms with Crippen molar-refractivity contribution in [1.29, 1.82) is 0 Å². The Balaban J connectivity index is 1.99. The molecule has 0 saturated carbocycles. The van der Waals surface area contributed by atoms with Gasteiger partial charge in [-0.15, -0.1) is 0 Å². The van der Waals surface area contributed by atoms with Crippen molar-refractivity contribution in [1.82, 2.24) is 20.4 Å².